The van der Waals surface area contributed by atoms with Crippen molar-refractivity contribution >= 4 is 5.96 Å². The van der Waals surface area contributed by atoms with Crippen molar-refractivity contribution in [2.45, 2.75) is 39.3 Å². The number of guanidine groups is 1. The van der Waals surface area contributed by atoms with Crippen LogP contribution in [0.15, 0.2) is 59.6 Å². The van der Waals surface area contributed by atoms with Gasteiger partial charge in [-0.2, -0.15) is 5.26 Å². The van der Waals surface area contributed by atoms with Crippen LogP contribution in [0.5, 0.6) is 0 Å². The van der Waals surface area contributed by atoms with Crippen LogP contribution in [0.2, 0.25) is 0 Å². The first kappa shape index (κ1) is 18.5. The standard InChI is InChI=1S/C21H26N4/c1-3-23-21(24-16-20-13-11-19(15-22)12-14-20)25-17(2)9-10-18-7-5-4-6-8-18/h4-8,11-14,17H,3,9-10,16H2,1-2H3,(H2,23,24,25). The third-order valence-electron chi connectivity index (χ3n) is 3.94. The predicted octanol–water partition coefficient (Wildman–Crippen LogP) is 3.63. The van der Waals surface area contributed by atoms with Crippen LogP contribution in [0.1, 0.15) is 37.0 Å². The van der Waals surface area contributed by atoms with Crippen LogP contribution in [0.3, 0.4) is 0 Å². The van der Waals surface area contributed by atoms with Gasteiger partial charge in [-0.3, -0.25) is 0 Å². The van der Waals surface area contributed by atoms with Crippen LogP contribution in [-0.4, -0.2) is 18.5 Å². The highest BCUT2D eigenvalue weighted by atomic mass is 15.2. The number of nitrogens with zero attached hydrogens (tertiary/aromatic N) is 2. The van der Waals surface area contributed by atoms with Gasteiger partial charge in [0.05, 0.1) is 18.2 Å². The van der Waals surface area contributed by atoms with Gasteiger partial charge in [-0.25, -0.2) is 4.99 Å². The van der Waals surface area contributed by atoms with Crippen molar-refractivity contribution in [2.75, 3.05) is 6.54 Å². The summed E-state index contributed by atoms with van der Waals surface area (Å²) in [7, 11) is 0. The molecule has 0 bridgehead atoms. The van der Waals surface area contributed by atoms with E-state index in [4.69, 9.17) is 5.26 Å². The Labute approximate surface area is 150 Å². The van der Waals surface area contributed by atoms with Crippen LogP contribution in [0.4, 0.5) is 0 Å². The monoisotopic (exact) mass is 334 g/mol. The second-order valence-electron chi connectivity index (χ2n) is 6.07. The van der Waals surface area contributed by atoms with Gasteiger partial charge in [0.25, 0.3) is 0 Å². The molecule has 0 heterocycles. The van der Waals surface area contributed by atoms with E-state index < -0.39 is 0 Å². The third kappa shape index (κ3) is 6.68. The first-order valence-electron chi connectivity index (χ1n) is 8.79. The summed E-state index contributed by atoms with van der Waals surface area (Å²) in [6, 6.07) is 20.5. The lowest BCUT2D eigenvalue weighted by Gasteiger charge is -2.18. The van der Waals surface area contributed by atoms with E-state index in [-0.39, 0.29) is 0 Å². The number of aryl methyl sites for hydroxylation is 1. The van der Waals surface area contributed by atoms with Crippen molar-refractivity contribution in [1.82, 2.24) is 10.6 Å². The number of hydrogen-bond donors (Lipinski definition) is 2. The van der Waals surface area contributed by atoms with Crippen molar-refractivity contribution in [3.8, 4) is 6.07 Å². The summed E-state index contributed by atoms with van der Waals surface area (Å²) in [5.74, 6) is 0.826. The molecule has 0 aromatic heterocycles. The molecule has 0 radical (unpaired) electrons. The largest absolute Gasteiger partial charge is 0.357 e. The second kappa shape index (κ2) is 10.1. The molecule has 1 atom stereocenters. The van der Waals surface area contributed by atoms with E-state index in [0.29, 0.717) is 18.2 Å². The van der Waals surface area contributed by atoms with Crippen molar-refractivity contribution in [2.24, 2.45) is 4.99 Å². The average molecular weight is 334 g/mol. The minimum atomic E-state index is 0.332. The molecule has 130 valence electrons. The van der Waals surface area contributed by atoms with Gasteiger partial charge >= 0.3 is 0 Å². The molecule has 0 saturated heterocycles. The van der Waals surface area contributed by atoms with E-state index in [1.165, 1.54) is 5.56 Å². The molecule has 1 unspecified atom stereocenters. The number of hydrogen-bond acceptors (Lipinski definition) is 2. The van der Waals surface area contributed by atoms with Crippen LogP contribution in [-0.2, 0) is 13.0 Å². The topological polar surface area (TPSA) is 60.2 Å². The van der Waals surface area contributed by atoms with Crippen molar-refractivity contribution in [3.63, 3.8) is 0 Å². The second-order valence-corrected chi connectivity index (χ2v) is 6.07. The Bertz CT molecular complexity index is 699. The number of rotatable bonds is 7. The minimum absolute atomic E-state index is 0.332. The summed E-state index contributed by atoms with van der Waals surface area (Å²) in [4.78, 5) is 4.65. The van der Waals surface area contributed by atoms with Gasteiger partial charge in [-0.1, -0.05) is 42.5 Å². The average Bonchev–Trinajstić information content (AvgIpc) is 2.66. The quantitative estimate of drug-likeness (QED) is 0.600. The fourth-order valence-corrected chi connectivity index (χ4v) is 2.51. The van der Waals surface area contributed by atoms with E-state index in [9.17, 15) is 0 Å². The van der Waals surface area contributed by atoms with Crippen molar-refractivity contribution in [1.29, 1.82) is 5.26 Å². The van der Waals surface area contributed by atoms with Gasteiger partial charge in [0.2, 0.25) is 0 Å². The fourth-order valence-electron chi connectivity index (χ4n) is 2.51. The van der Waals surface area contributed by atoms with Gasteiger partial charge in [0.15, 0.2) is 5.96 Å². The zero-order valence-electron chi connectivity index (χ0n) is 15.0. The van der Waals surface area contributed by atoms with Gasteiger partial charge < -0.3 is 10.6 Å². The predicted molar refractivity (Wildman–Crippen MR) is 103 cm³/mol. The lowest BCUT2D eigenvalue weighted by molar-refractivity contribution is 0.593. The molecule has 4 heteroatoms. The minimum Gasteiger partial charge on any atom is -0.357 e. The van der Waals surface area contributed by atoms with Crippen LogP contribution in [0, 0.1) is 11.3 Å². The molecule has 2 aromatic carbocycles. The van der Waals surface area contributed by atoms with E-state index >= 15 is 0 Å². The summed E-state index contributed by atoms with van der Waals surface area (Å²) in [6.45, 7) is 5.65. The summed E-state index contributed by atoms with van der Waals surface area (Å²) >= 11 is 0. The summed E-state index contributed by atoms with van der Waals surface area (Å²) in [6.07, 6.45) is 2.09. The Morgan fingerprint density at radius 3 is 2.44 bits per heavy atom. The third-order valence-corrected chi connectivity index (χ3v) is 3.94. The maximum absolute atomic E-state index is 8.85. The van der Waals surface area contributed by atoms with E-state index in [1.54, 1.807) is 0 Å². The normalized spacial score (nSPS) is 12.3. The first-order chi connectivity index (χ1) is 12.2. The number of benzene rings is 2. The zero-order valence-corrected chi connectivity index (χ0v) is 15.0. The summed E-state index contributed by atoms with van der Waals surface area (Å²) in [5, 5.41) is 15.6. The Kier molecular flexibility index (Phi) is 7.52. The molecular formula is C21H26N4. The highest BCUT2D eigenvalue weighted by Crippen LogP contribution is 2.06. The van der Waals surface area contributed by atoms with Gasteiger partial charge in [-0.15, -0.1) is 0 Å². The Morgan fingerprint density at radius 1 is 1.08 bits per heavy atom. The zero-order chi connectivity index (χ0) is 17.9. The molecule has 0 fully saturated rings. The maximum Gasteiger partial charge on any atom is 0.191 e. The highest BCUT2D eigenvalue weighted by molar-refractivity contribution is 5.80. The van der Waals surface area contributed by atoms with Crippen LogP contribution in [0.25, 0.3) is 0 Å². The fraction of sp³-hybridized carbons (Fsp3) is 0.333. The first-order valence-corrected chi connectivity index (χ1v) is 8.79. The van der Waals surface area contributed by atoms with Gasteiger partial charge in [0, 0.05) is 12.6 Å². The van der Waals surface area contributed by atoms with E-state index in [1.807, 2.05) is 30.3 Å². The molecule has 0 aliphatic heterocycles. The Balaban J connectivity index is 1.88. The molecule has 0 saturated carbocycles. The molecule has 4 nitrogen and oxygen atoms in total. The molecule has 2 rings (SSSR count). The summed E-state index contributed by atoms with van der Waals surface area (Å²) in [5.41, 5.74) is 3.12. The summed E-state index contributed by atoms with van der Waals surface area (Å²) < 4.78 is 0. The molecule has 2 aromatic rings. The number of aliphatic imine (C=N–C) groups is 1. The Hall–Kier alpha value is -2.80. The van der Waals surface area contributed by atoms with E-state index in [0.717, 1.165) is 30.9 Å². The smallest absolute Gasteiger partial charge is 0.191 e. The van der Waals surface area contributed by atoms with Crippen LogP contribution < -0.4 is 10.6 Å². The molecular weight excluding hydrogens is 308 g/mol. The molecule has 0 amide bonds. The SMILES string of the molecule is CCNC(=NCc1ccc(C#N)cc1)NC(C)CCc1ccccc1. The lowest BCUT2D eigenvalue weighted by Crippen LogP contribution is -2.42. The van der Waals surface area contributed by atoms with Crippen LogP contribution >= 0.6 is 0 Å². The van der Waals surface area contributed by atoms with E-state index in [2.05, 4.69) is 59.8 Å². The van der Waals surface area contributed by atoms with Gasteiger partial charge in [0.1, 0.15) is 0 Å². The molecule has 2 N–H and O–H groups in total. The van der Waals surface area contributed by atoms with Gasteiger partial charge in [-0.05, 0) is 49.9 Å². The Morgan fingerprint density at radius 2 is 1.80 bits per heavy atom. The maximum atomic E-state index is 8.85. The molecule has 0 aliphatic rings. The lowest BCUT2D eigenvalue weighted by atomic mass is 10.1. The van der Waals surface area contributed by atoms with Crippen molar-refractivity contribution < 1.29 is 0 Å². The number of nitrogens with one attached hydrogen (secondary N) is 2. The molecule has 0 spiro atoms. The van der Waals surface area contributed by atoms with Crippen molar-refractivity contribution in [3.05, 3.63) is 71.3 Å². The molecule has 25 heavy (non-hydrogen) atoms. The molecule has 0 aliphatic carbocycles. The highest BCUT2D eigenvalue weighted by Gasteiger charge is 2.05. The number of nitriles is 1.